The van der Waals surface area contributed by atoms with Gasteiger partial charge in [-0.15, -0.1) is 0 Å². The fraction of sp³-hybridized carbons (Fsp3) is 0.444. The average molecular weight is 172 g/mol. The number of carbonyl (C=O) groups is 1. The van der Waals surface area contributed by atoms with Crippen molar-refractivity contribution in [1.82, 2.24) is 0 Å². The topological polar surface area (TPSA) is 37.3 Å². The van der Waals surface area contributed by atoms with E-state index in [1.807, 2.05) is 0 Å². The molecule has 0 saturated carbocycles. The summed E-state index contributed by atoms with van der Waals surface area (Å²) in [6.07, 6.45) is 5.69. The molecule has 0 fully saturated rings. The minimum atomic E-state index is -0.893. The summed E-state index contributed by atoms with van der Waals surface area (Å²) in [7, 11) is 0. The first-order chi connectivity index (χ1) is 5.68. The fourth-order valence-corrected chi connectivity index (χ4v) is 0.705. The van der Waals surface area contributed by atoms with Crippen LogP contribution in [0.5, 0.6) is 0 Å². The third-order valence-electron chi connectivity index (χ3n) is 1.45. The Morgan fingerprint density at radius 2 is 2.17 bits per heavy atom. The maximum Gasteiger partial charge on any atom is 0.330 e. The third-order valence-corrected chi connectivity index (χ3v) is 1.45. The number of unbranched alkanes of at least 4 members (excludes halogenated alkanes) is 2. The standard InChI is InChI=1S/C9H13FO2/c1-8(9(11)12)6-4-2-3-5-7-10/h5-7H,2-4H2,1H3,(H,11,12). The van der Waals surface area contributed by atoms with Crippen LogP contribution >= 0.6 is 0 Å². The predicted molar refractivity (Wildman–Crippen MR) is 45.5 cm³/mol. The highest BCUT2D eigenvalue weighted by Gasteiger charge is 1.96. The van der Waals surface area contributed by atoms with Crippen LogP contribution in [-0.2, 0) is 4.79 Å². The van der Waals surface area contributed by atoms with Gasteiger partial charge in [-0.05, 0) is 26.2 Å². The Balaban J connectivity index is 3.53. The summed E-state index contributed by atoms with van der Waals surface area (Å²) in [6, 6.07) is 0. The molecule has 0 atom stereocenters. The first kappa shape index (κ1) is 10.9. The summed E-state index contributed by atoms with van der Waals surface area (Å²) >= 11 is 0. The third kappa shape index (κ3) is 5.65. The molecule has 0 amide bonds. The van der Waals surface area contributed by atoms with Crippen LogP contribution in [0.15, 0.2) is 24.1 Å². The Morgan fingerprint density at radius 1 is 1.50 bits per heavy atom. The smallest absolute Gasteiger partial charge is 0.330 e. The Morgan fingerprint density at radius 3 is 2.67 bits per heavy atom. The van der Waals surface area contributed by atoms with Gasteiger partial charge in [-0.2, -0.15) is 0 Å². The molecule has 0 rings (SSSR count). The number of carboxylic acid groups (broad SMARTS) is 1. The molecule has 0 aliphatic heterocycles. The summed E-state index contributed by atoms with van der Waals surface area (Å²) in [6.45, 7) is 1.55. The molecule has 0 heterocycles. The van der Waals surface area contributed by atoms with Gasteiger partial charge in [0.05, 0.1) is 6.33 Å². The number of hydrogen-bond donors (Lipinski definition) is 1. The second-order valence-electron chi connectivity index (χ2n) is 2.48. The largest absolute Gasteiger partial charge is 0.478 e. The molecule has 0 bridgehead atoms. The van der Waals surface area contributed by atoms with Crippen molar-refractivity contribution in [3.05, 3.63) is 24.1 Å². The van der Waals surface area contributed by atoms with E-state index in [0.29, 0.717) is 24.7 Å². The Labute approximate surface area is 71.4 Å². The van der Waals surface area contributed by atoms with Crippen molar-refractivity contribution in [2.45, 2.75) is 26.2 Å². The van der Waals surface area contributed by atoms with E-state index in [9.17, 15) is 9.18 Å². The van der Waals surface area contributed by atoms with Crippen LogP contribution in [0.1, 0.15) is 26.2 Å². The van der Waals surface area contributed by atoms with Crippen LogP contribution in [0.25, 0.3) is 0 Å². The second-order valence-corrected chi connectivity index (χ2v) is 2.48. The summed E-state index contributed by atoms with van der Waals surface area (Å²) in [5.41, 5.74) is 0.347. The van der Waals surface area contributed by atoms with Gasteiger partial charge in [-0.1, -0.05) is 12.2 Å². The van der Waals surface area contributed by atoms with Gasteiger partial charge >= 0.3 is 5.97 Å². The first-order valence-electron chi connectivity index (χ1n) is 3.83. The normalized spacial score (nSPS) is 12.3. The number of rotatable bonds is 5. The van der Waals surface area contributed by atoms with E-state index in [-0.39, 0.29) is 0 Å². The Kier molecular flexibility index (Phi) is 5.97. The molecule has 0 aromatic rings. The minimum Gasteiger partial charge on any atom is -0.478 e. The first-order valence-corrected chi connectivity index (χ1v) is 3.83. The average Bonchev–Trinajstić information content (AvgIpc) is 2.03. The van der Waals surface area contributed by atoms with Crippen molar-refractivity contribution >= 4 is 5.97 Å². The molecule has 3 heteroatoms. The van der Waals surface area contributed by atoms with Gasteiger partial charge in [-0.3, -0.25) is 0 Å². The van der Waals surface area contributed by atoms with Crippen molar-refractivity contribution < 1.29 is 14.3 Å². The van der Waals surface area contributed by atoms with Gasteiger partial charge in [0, 0.05) is 5.57 Å². The zero-order chi connectivity index (χ0) is 9.40. The number of aliphatic carboxylic acids is 1. The molecule has 2 nitrogen and oxygen atoms in total. The molecule has 0 radical (unpaired) electrons. The van der Waals surface area contributed by atoms with Crippen LogP contribution < -0.4 is 0 Å². The molecule has 0 aliphatic carbocycles. The quantitative estimate of drug-likeness (QED) is 0.511. The van der Waals surface area contributed by atoms with E-state index in [0.717, 1.165) is 6.42 Å². The van der Waals surface area contributed by atoms with E-state index in [1.54, 1.807) is 13.0 Å². The summed E-state index contributed by atoms with van der Waals surface area (Å²) < 4.78 is 11.4. The minimum absolute atomic E-state index is 0.347. The monoisotopic (exact) mass is 172 g/mol. The summed E-state index contributed by atoms with van der Waals surface area (Å²) in [4.78, 5) is 10.3. The van der Waals surface area contributed by atoms with E-state index < -0.39 is 5.97 Å². The zero-order valence-corrected chi connectivity index (χ0v) is 7.09. The Hall–Kier alpha value is -1.12. The van der Waals surface area contributed by atoms with Crippen molar-refractivity contribution in [2.24, 2.45) is 0 Å². The van der Waals surface area contributed by atoms with Gasteiger partial charge in [0.2, 0.25) is 0 Å². The molecule has 0 aromatic heterocycles. The number of carboxylic acids is 1. The molecule has 1 N–H and O–H groups in total. The maximum atomic E-state index is 11.4. The van der Waals surface area contributed by atoms with Crippen LogP contribution in [0.3, 0.4) is 0 Å². The molecular weight excluding hydrogens is 159 g/mol. The number of hydrogen-bond acceptors (Lipinski definition) is 1. The van der Waals surface area contributed by atoms with Crippen LogP contribution in [-0.4, -0.2) is 11.1 Å². The highest BCUT2D eigenvalue weighted by atomic mass is 19.1. The van der Waals surface area contributed by atoms with Gasteiger partial charge in [-0.25, -0.2) is 9.18 Å². The van der Waals surface area contributed by atoms with Crippen molar-refractivity contribution in [2.75, 3.05) is 0 Å². The van der Waals surface area contributed by atoms with Gasteiger partial charge in [0.25, 0.3) is 0 Å². The van der Waals surface area contributed by atoms with E-state index >= 15 is 0 Å². The summed E-state index contributed by atoms with van der Waals surface area (Å²) in [5.74, 6) is -0.893. The molecule has 12 heavy (non-hydrogen) atoms. The lowest BCUT2D eigenvalue weighted by Crippen LogP contribution is -1.95. The van der Waals surface area contributed by atoms with E-state index in [4.69, 9.17) is 5.11 Å². The fourth-order valence-electron chi connectivity index (χ4n) is 0.705. The molecule has 0 spiro atoms. The highest BCUT2D eigenvalue weighted by Crippen LogP contribution is 2.02. The molecule has 0 aliphatic rings. The predicted octanol–water partition coefficient (Wildman–Crippen LogP) is 2.67. The SMILES string of the molecule is CC(=CCCCC=CF)C(=O)O. The van der Waals surface area contributed by atoms with Crippen molar-refractivity contribution in [3.8, 4) is 0 Å². The van der Waals surface area contributed by atoms with E-state index in [1.165, 1.54) is 6.08 Å². The highest BCUT2D eigenvalue weighted by molar-refractivity contribution is 5.85. The van der Waals surface area contributed by atoms with Crippen molar-refractivity contribution in [1.29, 1.82) is 0 Å². The number of allylic oxidation sites excluding steroid dienone is 2. The van der Waals surface area contributed by atoms with Crippen molar-refractivity contribution in [3.63, 3.8) is 0 Å². The molecule has 0 saturated heterocycles. The lowest BCUT2D eigenvalue weighted by atomic mass is 10.2. The zero-order valence-electron chi connectivity index (χ0n) is 7.09. The summed E-state index contributed by atoms with van der Waals surface area (Å²) in [5, 5.41) is 8.44. The second kappa shape index (κ2) is 6.58. The Bertz CT molecular complexity index is 195. The molecular formula is C9H13FO2. The molecule has 68 valence electrons. The lowest BCUT2D eigenvalue weighted by Gasteiger charge is -1.92. The van der Waals surface area contributed by atoms with Gasteiger partial charge < -0.3 is 5.11 Å². The lowest BCUT2D eigenvalue weighted by molar-refractivity contribution is -0.132. The number of halogens is 1. The molecule has 0 unspecified atom stereocenters. The molecule has 0 aromatic carbocycles. The maximum absolute atomic E-state index is 11.4. The van der Waals surface area contributed by atoms with Gasteiger partial charge in [0.1, 0.15) is 0 Å². The van der Waals surface area contributed by atoms with Crippen LogP contribution in [0.4, 0.5) is 4.39 Å². The van der Waals surface area contributed by atoms with E-state index in [2.05, 4.69) is 0 Å². The van der Waals surface area contributed by atoms with Crippen LogP contribution in [0.2, 0.25) is 0 Å². The van der Waals surface area contributed by atoms with Crippen LogP contribution in [0, 0.1) is 0 Å². The van der Waals surface area contributed by atoms with Gasteiger partial charge in [0.15, 0.2) is 0 Å².